The molecule has 24 heavy (non-hydrogen) atoms. The van der Waals surface area contributed by atoms with E-state index in [4.69, 9.17) is 9.47 Å². The Morgan fingerprint density at radius 1 is 1.04 bits per heavy atom. The van der Waals surface area contributed by atoms with Gasteiger partial charge >= 0.3 is 0 Å². The van der Waals surface area contributed by atoms with Gasteiger partial charge in [-0.1, -0.05) is 48.5 Å². The molecular weight excluding hydrogens is 320 g/mol. The van der Waals surface area contributed by atoms with Crippen molar-refractivity contribution in [3.63, 3.8) is 0 Å². The highest BCUT2D eigenvalue weighted by Crippen LogP contribution is 2.27. The van der Waals surface area contributed by atoms with Crippen LogP contribution in [0, 0.1) is 0 Å². The summed E-state index contributed by atoms with van der Waals surface area (Å²) in [6.07, 6.45) is 3.72. The first-order valence-corrected chi connectivity index (χ1v) is 8.87. The second-order valence-corrected chi connectivity index (χ2v) is 6.74. The van der Waals surface area contributed by atoms with E-state index in [9.17, 15) is 5.11 Å². The lowest BCUT2D eigenvalue weighted by atomic mass is 10.2. The fraction of sp³-hybridized carbons (Fsp3) is 0.300. The zero-order chi connectivity index (χ0) is 17.0. The highest BCUT2D eigenvalue weighted by Gasteiger charge is 2.14. The van der Waals surface area contributed by atoms with Crippen molar-refractivity contribution in [1.29, 1.82) is 0 Å². The normalized spacial score (nSPS) is 13.8. The van der Waals surface area contributed by atoms with Crippen LogP contribution in [0.3, 0.4) is 0 Å². The van der Waals surface area contributed by atoms with Crippen molar-refractivity contribution in [1.82, 2.24) is 0 Å². The average molecular weight is 344 g/mol. The summed E-state index contributed by atoms with van der Waals surface area (Å²) < 4.78 is 10.6. The monoisotopic (exact) mass is 344 g/mol. The molecule has 0 saturated carbocycles. The number of rotatable bonds is 10. The summed E-state index contributed by atoms with van der Waals surface area (Å²) in [5.41, 5.74) is 1.11. The Labute approximate surface area is 148 Å². The summed E-state index contributed by atoms with van der Waals surface area (Å²) in [4.78, 5) is 1.17. The number of thioether (sulfide) groups is 1. The molecule has 0 amide bonds. The minimum atomic E-state index is -0.517. The largest absolute Gasteiger partial charge is 0.505 e. The van der Waals surface area contributed by atoms with Gasteiger partial charge in [-0.3, -0.25) is 0 Å². The van der Waals surface area contributed by atoms with Crippen LogP contribution < -0.4 is 0 Å². The van der Waals surface area contributed by atoms with Gasteiger partial charge in [-0.2, -0.15) is 0 Å². The standard InChI is InChI=1S/C20H24O3S/c1-22-13-12-20(24-19-10-6-3-7-11-19)14-18(21)16-23-15-17-8-4-2-5-9-17/h2-13,18,20-21H,14-16H2,1H3/b13-12+/t18-,20?/m0/s1. The fourth-order valence-corrected chi connectivity index (χ4v) is 3.35. The number of hydrogen-bond donors (Lipinski definition) is 1. The second-order valence-electron chi connectivity index (χ2n) is 5.42. The van der Waals surface area contributed by atoms with Gasteiger partial charge < -0.3 is 14.6 Å². The van der Waals surface area contributed by atoms with E-state index in [1.54, 1.807) is 25.1 Å². The number of methoxy groups -OCH3 is 1. The molecule has 3 nitrogen and oxygen atoms in total. The average Bonchev–Trinajstić information content (AvgIpc) is 2.61. The summed E-state index contributed by atoms with van der Waals surface area (Å²) in [5.74, 6) is 0. The molecular formula is C20H24O3S. The van der Waals surface area contributed by atoms with E-state index in [0.29, 0.717) is 19.6 Å². The molecule has 0 aliphatic carbocycles. The minimum absolute atomic E-state index is 0.127. The van der Waals surface area contributed by atoms with E-state index in [1.807, 2.05) is 54.6 Å². The predicted octanol–water partition coefficient (Wildman–Crippen LogP) is 4.28. The van der Waals surface area contributed by atoms with Crippen LogP contribution in [0.4, 0.5) is 0 Å². The second kappa shape index (κ2) is 10.9. The SMILES string of the molecule is CO/C=C/C(C[C@H](O)COCc1ccccc1)Sc1ccccc1. The number of benzene rings is 2. The molecule has 2 rings (SSSR count). The van der Waals surface area contributed by atoms with E-state index in [2.05, 4.69) is 12.1 Å². The molecule has 0 heterocycles. The van der Waals surface area contributed by atoms with E-state index in [1.165, 1.54) is 4.90 Å². The molecule has 0 aromatic heterocycles. The van der Waals surface area contributed by atoms with Crippen LogP contribution in [0.1, 0.15) is 12.0 Å². The Kier molecular flexibility index (Phi) is 8.46. The van der Waals surface area contributed by atoms with Crippen molar-refractivity contribution in [2.45, 2.75) is 29.3 Å². The van der Waals surface area contributed by atoms with Crippen LogP contribution in [0.2, 0.25) is 0 Å². The molecule has 0 radical (unpaired) electrons. The maximum absolute atomic E-state index is 10.3. The van der Waals surface area contributed by atoms with E-state index in [0.717, 1.165) is 5.56 Å². The van der Waals surface area contributed by atoms with Gasteiger partial charge in [0.15, 0.2) is 0 Å². The van der Waals surface area contributed by atoms with Gasteiger partial charge in [0.1, 0.15) is 0 Å². The van der Waals surface area contributed by atoms with Gasteiger partial charge in [0.25, 0.3) is 0 Å². The lowest BCUT2D eigenvalue weighted by Gasteiger charge is -2.17. The lowest BCUT2D eigenvalue weighted by Crippen LogP contribution is -2.20. The Bertz CT molecular complexity index is 586. The molecule has 4 heteroatoms. The molecule has 0 bridgehead atoms. The van der Waals surface area contributed by atoms with Gasteiger partial charge in [-0.05, 0) is 30.2 Å². The molecule has 0 aliphatic rings. The van der Waals surface area contributed by atoms with Crippen LogP contribution in [0.5, 0.6) is 0 Å². The van der Waals surface area contributed by atoms with Crippen LogP contribution in [-0.2, 0) is 16.1 Å². The number of aliphatic hydroxyl groups excluding tert-OH is 1. The van der Waals surface area contributed by atoms with Gasteiger partial charge in [-0.15, -0.1) is 11.8 Å². The van der Waals surface area contributed by atoms with Crippen molar-refractivity contribution in [2.24, 2.45) is 0 Å². The molecule has 2 aromatic rings. The quantitative estimate of drug-likeness (QED) is 0.516. The first kappa shape index (κ1) is 18.6. The summed E-state index contributed by atoms with van der Waals surface area (Å²) >= 11 is 1.70. The van der Waals surface area contributed by atoms with Crippen LogP contribution in [-0.4, -0.2) is 30.2 Å². The number of hydrogen-bond acceptors (Lipinski definition) is 4. The molecule has 0 fully saturated rings. The summed E-state index contributed by atoms with van der Waals surface area (Å²) in [5, 5.41) is 10.4. The zero-order valence-corrected chi connectivity index (χ0v) is 14.7. The molecule has 0 saturated heterocycles. The zero-order valence-electron chi connectivity index (χ0n) is 13.9. The van der Waals surface area contributed by atoms with Crippen LogP contribution in [0.25, 0.3) is 0 Å². The summed E-state index contributed by atoms with van der Waals surface area (Å²) in [7, 11) is 1.63. The summed E-state index contributed by atoms with van der Waals surface area (Å²) in [6, 6.07) is 20.1. The van der Waals surface area contributed by atoms with Gasteiger partial charge in [0.2, 0.25) is 0 Å². The Morgan fingerprint density at radius 2 is 1.71 bits per heavy atom. The van der Waals surface area contributed by atoms with Crippen LogP contribution >= 0.6 is 11.8 Å². The molecule has 0 spiro atoms. The van der Waals surface area contributed by atoms with Crippen LogP contribution in [0.15, 0.2) is 77.9 Å². The number of ether oxygens (including phenoxy) is 2. The highest BCUT2D eigenvalue weighted by atomic mass is 32.2. The number of aliphatic hydroxyl groups is 1. The molecule has 2 atom stereocenters. The summed E-state index contributed by atoms with van der Waals surface area (Å²) in [6.45, 7) is 0.837. The van der Waals surface area contributed by atoms with Gasteiger partial charge in [0.05, 0.1) is 32.7 Å². The molecule has 2 aromatic carbocycles. The fourth-order valence-electron chi connectivity index (χ4n) is 2.23. The smallest absolute Gasteiger partial charge is 0.0795 e. The third-order valence-electron chi connectivity index (χ3n) is 3.39. The first-order valence-electron chi connectivity index (χ1n) is 7.99. The molecule has 1 unspecified atom stereocenters. The maximum Gasteiger partial charge on any atom is 0.0795 e. The third kappa shape index (κ3) is 7.21. The van der Waals surface area contributed by atoms with E-state index < -0.39 is 6.10 Å². The van der Waals surface area contributed by atoms with E-state index >= 15 is 0 Å². The third-order valence-corrected chi connectivity index (χ3v) is 4.58. The molecule has 0 aliphatic heterocycles. The minimum Gasteiger partial charge on any atom is -0.505 e. The van der Waals surface area contributed by atoms with Crippen molar-refractivity contribution < 1.29 is 14.6 Å². The topological polar surface area (TPSA) is 38.7 Å². The Morgan fingerprint density at radius 3 is 2.38 bits per heavy atom. The van der Waals surface area contributed by atoms with Gasteiger partial charge in [0, 0.05) is 10.1 Å². The van der Waals surface area contributed by atoms with Crippen molar-refractivity contribution in [3.05, 3.63) is 78.6 Å². The highest BCUT2D eigenvalue weighted by molar-refractivity contribution is 8.00. The maximum atomic E-state index is 10.3. The predicted molar refractivity (Wildman–Crippen MR) is 99.0 cm³/mol. The molecule has 1 N–H and O–H groups in total. The first-order chi connectivity index (χ1) is 11.8. The van der Waals surface area contributed by atoms with E-state index in [-0.39, 0.29) is 5.25 Å². The van der Waals surface area contributed by atoms with Crippen molar-refractivity contribution in [3.8, 4) is 0 Å². The van der Waals surface area contributed by atoms with Crippen molar-refractivity contribution in [2.75, 3.05) is 13.7 Å². The Balaban J connectivity index is 1.80. The molecule has 128 valence electrons. The van der Waals surface area contributed by atoms with Crippen molar-refractivity contribution >= 4 is 11.8 Å². The van der Waals surface area contributed by atoms with Gasteiger partial charge in [-0.25, -0.2) is 0 Å². The Hall–Kier alpha value is -1.75. The lowest BCUT2D eigenvalue weighted by molar-refractivity contribution is 0.0256.